The van der Waals surface area contributed by atoms with Crippen LogP contribution in [0.25, 0.3) is 33.9 Å². The monoisotopic (exact) mass is 328 g/mol. The SMILES string of the molecule is Clc1ccc(-c2ccc(-c3nc4ccccc4[nH]3)o2)c(Cl)c1. The summed E-state index contributed by atoms with van der Waals surface area (Å²) in [5.74, 6) is 2.03. The normalized spacial score (nSPS) is 11.2. The summed E-state index contributed by atoms with van der Waals surface area (Å²) in [5, 5.41) is 1.15. The molecular formula is C17H10Cl2N2O. The van der Waals surface area contributed by atoms with Gasteiger partial charge in [-0.25, -0.2) is 4.98 Å². The molecule has 2 heterocycles. The third kappa shape index (κ3) is 2.28. The minimum absolute atomic E-state index is 0.554. The van der Waals surface area contributed by atoms with E-state index in [1.54, 1.807) is 12.1 Å². The van der Waals surface area contributed by atoms with Crippen molar-refractivity contribution in [3.63, 3.8) is 0 Å². The Hall–Kier alpha value is -2.23. The highest BCUT2D eigenvalue weighted by molar-refractivity contribution is 6.36. The maximum Gasteiger partial charge on any atom is 0.174 e. The van der Waals surface area contributed by atoms with Gasteiger partial charge in [-0.15, -0.1) is 0 Å². The zero-order valence-corrected chi connectivity index (χ0v) is 12.8. The van der Waals surface area contributed by atoms with Crippen LogP contribution in [0.2, 0.25) is 10.0 Å². The Kier molecular flexibility index (Phi) is 3.17. The van der Waals surface area contributed by atoms with Crippen molar-refractivity contribution in [2.45, 2.75) is 0 Å². The molecule has 0 spiro atoms. The number of rotatable bonds is 2. The average molecular weight is 329 g/mol. The van der Waals surface area contributed by atoms with Gasteiger partial charge in [0, 0.05) is 10.6 Å². The Morgan fingerprint density at radius 2 is 1.73 bits per heavy atom. The smallest absolute Gasteiger partial charge is 0.174 e. The number of aromatic amines is 1. The second-order valence-corrected chi connectivity index (χ2v) is 5.73. The average Bonchev–Trinajstić information content (AvgIpc) is 3.13. The topological polar surface area (TPSA) is 41.8 Å². The molecule has 1 N–H and O–H groups in total. The van der Waals surface area contributed by atoms with E-state index in [-0.39, 0.29) is 0 Å². The summed E-state index contributed by atoms with van der Waals surface area (Å²) in [7, 11) is 0. The number of hydrogen-bond acceptors (Lipinski definition) is 2. The van der Waals surface area contributed by atoms with Crippen molar-refractivity contribution < 1.29 is 4.42 Å². The molecule has 0 atom stereocenters. The van der Waals surface area contributed by atoms with Crippen molar-refractivity contribution in [1.29, 1.82) is 0 Å². The van der Waals surface area contributed by atoms with Crippen LogP contribution >= 0.6 is 23.2 Å². The Morgan fingerprint density at radius 3 is 2.55 bits per heavy atom. The van der Waals surface area contributed by atoms with Gasteiger partial charge in [0.05, 0.1) is 16.1 Å². The lowest BCUT2D eigenvalue weighted by Crippen LogP contribution is -1.77. The van der Waals surface area contributed by atoms with E-state index in [9.17, 15) is 0 Å². The highest BCUT2D eigenvalue weighted by Gasteiger charge is 2.12. The van der Waals surface area contributed by atoms with Crippen LogP contribution < -0.4 is 0 Å². The van der Waals surface area contributed by atoms with E-state index in [2.05, 4.69) is 9.97 Å². The lowest BCUT2D eigenvalue weighted by molar-refractivity contribution is 0.593. The summed E-state index contributed by atoms with van der Waals surface area (Å²) in [6.45, 7) is 0. The molecule has 0 aliphatic carbocycles. The van der Waals surface area contributed by atoms with Gasteiger partial charge in [0.15, 0.2) is 11.6 Å². The molecular weight excluding hydrogens is 319 g/mol. The highest BCUT2D eigenvalue weighted by Crippen LogP contribution is 2.33. The molecule has 0 radical (unpaired) electrons. The van der Waals surface area contributed by atoms with E-state index >= 15 is 0 Å². The lowest BCUT2D eigenvalue weighted by Gasteiger charge is -2.00. The van der Waals surface area contributed by atoms with Gasteiger partial charge in [-0.3, -0.25) is 0 Å². The van der Waals surface area contributed by atoms with Gasteiger partial charge in [-0.1, -0.05) is 35.3 Å². The van der Waals surface area contributed by atoms with E-state index in [1.807, 2.05) is 42.5 Å². The molecule has 4 rings (SSSR count). The van der Waals surface area contributed by atoms with Crippen LogP contribution in [0.4, 0.5) is 0 Å². The van der Waals surface area contributed by atoms with Gasteiger partial charge >= 0.3 is 0 Å². The molecule has 0 aliphatic rings. The van der Waals surface area contributed by atoms with Crippen LogP contribution in [0.3, 0.4) is 0 Å². The fourth-order valence-electron chi connectivity index (χ4n) is 2.37. The van der Waals surface area contributed by atoms with Crippen molar-refractivity contribution in [3.05, 3.63) is 64.6 Å². The van der Waals surface area contributed by atoms with Crippen LogP contribution in [-0.4, -0.2) is 9.97 Å². The number of para-hydroxylation sites is 2. The molecule has 0 bridgehead atoms. The Morgan fingerprint density at radius 1 is 0.909 bits per heavy atom. The lowest BCUT2D eigenvalue weighted by atomic mass is 10.2. The predicted molar refractivity (Wildman–Crippen MR) is 89.3 cm³/mol. The van der Waals surface area contributed by atoms with E-state index in [0.29, 0.717) is 27.4 Å². The van der Waals surface area contributed by atoms with Crippen LogP contribution in [-0.2, 0) is 0 Å². The van der Waals surface area contributed by atoms with Crippen molar-refractivity contribution in [3.8, 4) is 22.9 Å². The quantitative estimate of drug-likeness (QED) is 0.505. The molecule has 0 saturated heterocycles. The molecule has 5 heteroatoms. The second kappa shape index (κ2) is 5.20. The van der Waals surface area contributed by atoms with Crippen molar-refractivity contribution in [2.75, 3.05) is 0 Å². The molecule has 0 fully saturated rings. The molecule has 2 aromatic heterocycles. The number of hydrogen-bond donors (Lipinski definition) is 1. The minimum atomic E-state index is 0.554. The third-order valence-corrected chi connectivity index (χ3v) is 3.97. The molecule has 2 aromatic carbocycles. The fourth-order valence-corrected chi connectivity index (χ4v) is 2.87. The molecule has 4 aromatic rings. The Balaban J connectivity index is 1.77. The zero-order chi connectivity index (χ0) is 15.1. The maximum absolute atomic E-state index is 6.22. The number of imidazole rings is 1. The summed E-state index contributed by atoms with van der Waals surface area (Å²) in [5.41, 5.74) is 2.67. The number of aromatic nitrogens is 2. The number of furan rings is 1. The summed E-state index contributed by atoms with van der Waals surface area (Å²) in [6.07, 6.45) is 0. The van der Waals surface area contributed by atoms with Gasteiger partial charge in [0.2, 0.25) is 0 Å². The second-order valence-electron chi connectivity index (χ2n) is 4.89. The number of nitrogens with one attached hydrogen (secondary N) is 1. The number of H-pyrrole nitrogens is 1. The Labute approximate surface area is 136 Å². The van der Waals surface area contributed by atoms with Crippen molar-refractivity contribution in [2.24, 2.45) is 0 Å². The van der Waals surface area contributed by atoms with Gasteiger partial charge in [-0.2, -0.15) is 0 Å². The Bertz CT molecular complexity index is 939. The van der Waals surface area contributed by atoms with Crippen LogP contribution in [0.15, 0.2) is 59.0 Å². The van der Waals surface area contributed by atoms with Crippen molar-refractivity contribution >= 4 is 34.2 Å². The summed E-state index contributed by atoms with van der Waals surface area (Å²) >= 11 is 12.1. The highest BCUT2D eigenvalue weighted by atomic mass is 35.5. The van der Waals surface area contributed by atoms with Gasteiger partial charge in [0.1, 0.15) is 5.76 Å². The molecule has 0 saturated carbocycles. The standard InChI is InChI=1S/C17H10Cl2N2O/c18-10-5-6-11(12(19)9-10)15-7-8-16(22-15)17-20-13-3-1-2-4-14(13)21-17/h1-9H,(H,20,21). The first-order chi connectivity index (χ1) is 10.7. The van der Waals surface area contributed by atoms with Gasteiger partial charge < -0.3 is 9.40 Å². The summed E-state index contributed by atoms with van der Waals surface area (Å²) in [4.78, 5) is 7.76. The van der Waals surface area contributed by atoms with Crippen LogP contribution in [0.1, 0.15) is 0 Å². The first-order valence-electron chi connectivity index (χ1n) is 6.71. The molecule has 3 nitrogen and oxygen atoms in total. The van der Waals surface area contributed by atoms with Crippen LogP contribution in [0.5, 0.6) is 0 Å². The van der Waals surface area contributed by atoms with E-state index < -0.39 is 0 Å². The van der Waals surface area contributed by atoms with Gasteiger partial charge in [0.25, 0.3) is 0 Å². The van der Waals surface area contributed by atoms with E-state index in [0.717, 1.165) is 16.6 Å². The molecule has 108 valence electrons. The number of benzene rings is 2. The van der Waals surface area contributed by atoms with Gasteiger partial charge in [-0.05, 0) is 42.5 Å². The van der Waals surface area contributed by atoms with E-state index in [4.69, 9.17) is 27.6 Å². The minimum Gasteiger partial charge on any atom is -0.453 e. The number of nitrogens with zero attached hydrogens (tertiary/aromatic N) is 1. The molecule has 22 heavy (non-hydrogen) atoms. The predicted octanol–water partition coefficient (Wildman–Crippen LogP) is 5.80. The maximum atomic E-state index is 6.22. The van der Waals surface area contributed by atoms with Crippen LogP contribution in [0, 0.1) is 0 Å². The van der Waals surface area contributed by atoms with Crippen molar-refractivity contribution in [1.82, 2.24) is 9.97 Å². The largest absolute Gasteiger partial charge is 0.453 e. The fraction of sp³-hybridized carbons (Fsp3) is 0. The molecule has 0 unspecified atom stereocenters. The zero-order valence-electron chi connectivity index (χ0n) is 11.3. The number of halogens is 2. The summed E-state index contributed by atoms with van der Waals surface area (Å²) < 4.78 is 5.88. The molecule has 0 amide bonds. The first-order valence-corrected chi connectivity index (χ1v) is 7.47. The third-order valence-electron chi connectivity index (χ3n) is 3.43. The summed E-state index contributed by atoms with van der Waals surface area (Å²) in [6, 6.07) is 16.9. The van der Waals surface area contributed by atoms with E-state index in [1.165, 1.54) is 0 Å². The first kappa shape index (κ1) is 13.4. The number of fused-ring (bicyclic) bond motifs is 1. The molecule has 0 aliphatic heterocycles.